The van der Waals surface area contributed by atoms with Crippen molar-refractivity contribution >= 4 is 54.9 Å². The topological polar surface area (TPSA) is 93.8 Å². The zero-order chi connectivity index (χ0) is 22.9. The van der Waals surface area contributed by atoms with E-state index in [4.69, 9.17) is 9.84 Å². The average molecular weight is 551 g/mol. The molecule has 0 fully saturated rings. The van der Waals surface area contributed by atoms with Crippen LogP contribution in [0.15, 0.2) is 55.2 Å². The van der Waals surface area contributed by atoms with Crippen LogP contribution in [-0.4, -0.2) is 33.1 Å². The highest BCUT2D eigenvalue weighted by molar-refractivity contribution is 9.10. The molecule has 1 aromatic heterocycles. The molecule has 0 radical (unpaired) electrons. The standard InChI is InChI=1S/C22H21Br2N3O4/c1-12(20(29)30)31-18-8-5-13(9-16(18)24)11-25-27-19(28)15-10-14(23)6-7-17(15)26-21(27)22(2,3)4/h5-12H,1-4H3,(H,29,30)/t12-/m1/s1. The Morgan fingerprint density at radius 3 is 2.55 bits per heavy atom. The third-order valence-corrected chi connectivity index (χ3v) is 5.52. The summed E-state index contributed by atoms with van der Waals surface area (Å²) in [6, 6.07) is 10.5. The molecular weight excluding hydrogens is 530 g/mol. The molecule has 0 aliphatic carbocycles. The third-order valence-electron chi connectivity index (χ3n) is 4.41. The van der Waals surface area contributed by atoms with E-state index in [-0.39, 0.29) is 5.56 Å². The number of carboxylic acids is 1. The zero-order valence-corrected chi connectivity index (χ0v) is 20.6. The quantitative estimate of drug-likeness (QED) is 0.453. The molecule has 0 spiro atoms. The van der Waals surface area contributed by atoms with Gasteiger partial charge in [-0.15, -0.1) is 0 Å². The van der Waals surface area contributed by atoms with Gasteiger partial charge in [-0.25, -0.2) is 9.78 Å². The fraction of sp³-hybridized carbons (Fsp3) is 0.273. The lowest BCUT2D eigenvalue weighted by Gasteiger charge is -2.20. The number of fused-ring (bicyclic) bond motifs is 1. The SMILES string of the molecule is C[C@@H](Oc1ccc(C=Nn2c(C(C)(C)C)nc3ccc(Br)cc3c2=O)cc1Br)C(=O)O. The van der Waals surface area contributed by atoms with Crippen molar-refractivity contribution in [2.45, 2.75) is 39.2 Å². The average Bonchev–Trinajstić information content (AvgIpc) is 2.68. The van der Waals surface area contributed by atoms with E-state index < -0.39 is 17.5 Å². The molecule has 1 atom stereocenters. The molecule has 3 rings (SSSR count). The van der Waals surface area contributed by atoms with Gasteiger partial charge in [-0.2, -0.15) is 9.78 Å². The minimum absolute atomic E-state index is 0.262. The van der Waals surface area contributed by atoms with Crippen LogP contribution in [0.25, 0.3) is 10.9 Å². The summed E-state index contributed by atoms with van der Waals surface area (Å²) in [4.78, 5) is 28.9. The number of benzene rings is 2. The van der Waals surface area contributed by atoms with Gasteiger partial charge in [-0.1, -0.05) is 36.7 Å². The Kier molecular flexibility index (Phi) is 6.66. The summed E-state index contributed by atoms with van der Waals surface area (Å²) in [5.74, 6) is -0.114. The van der Waals surface area contributed by atoms with Gasteiger partial charge >= 0.3 is 5.97 Å². The molecule has 9 heteroatoms. The van der Waals surface area contributed by atoms with Crippen LogP contribution in [-0.2, 0) is 10.2 Å². The number of carbonyl (C=O) groups is 1. The zero-order valence-electron chi connectivity index (χ0n) is 17.4. The molecule has 1 N–H and O–H groups in total. The normalized spacial score (nSPS) is 13.0. The first-order chi connectivity index (χ1) is 14.5. The van der Waals surface area contributed by atoms with Gasteiger partial charge in [0.25, 0.3) is 5.56 Å². The van der Waals surface area contributed by atoms with Crippen molar-refractivity contribution in [1.82, 2.24) is 9.66 Å². The van der Waals surface area contributed by atoms with Crippen LogP contribution in [0.5, 0.6) is 5.75 Å². The summed E-state index contributed by atoms with van der Waals surface area (Å²) >= 11 is 6.78. The molecule has 0 saturated heterocycles. The first-order valence-electron chi connectivity index (χ1n) is 9.43. The van der Waals surface area contributed by atoms with E-state index in [1.165, 1.54) is 11.6 Å². The number of nitrogens with zero attached hydrogens (tertiary/aromatic N) is 3. The van der Waals surface area contributed by atoms with Crippen LogP contribution in [0, 0.1) is 0 Å². The van der Waals surface area contributed by atoms with Gasteiger partial charge in [-0.3, -0.25) is 4.79 Å². The lowest BCUT2D eigenvalue weighted by Crippen LogP contribution is -2.29. The van der Waals surface area contributed by atoms with Crippen LogP contribution >= 0.6 is 31.9 Å². The number of hydrogen-bond acceptors (Lipinski definition) is 5. The maximum Gasteiger partial charge on any atom is 0.344 e. The molecule has 0 amide bonds. The maximum atomic E-state index is 13.2. The van der Waals surface area contributed by atoms with Crippen LogP contribution in [0.3, 0.4) is 0 Å². The van der Waals surface area contributed by atoms with Gasteiger partial charge in [0, 0.05) is 9.89 Å². The van der Waals surface area contributed by atoms with Crippen LogP contribution in [0.1, 0.15) is 39.1 Å². The molecule has 7 nitrogen and oxygen atoms in total. The van der Waals surface area contributed by atoms with Crippen LogP contribution in [0.4, 0.5) is 0 Å². The highest BCUT2D eigenvalue weighted by Crippen LogP contribution is 2.27. The summed E-state index contributed by atoms with van der Waals surface area (Å²) in [6.07, 6.45) is 0.573. The highest BCUT2D eigenvalue weighted by Gasteiger charge is 2.23. The summed E-state index contributed by atoms with van der Waals surface area (Å²) in [5.41, 5.74) is 0.634. The molecule has 2 aromatic carbocycles. The van der Waals surface area contributed by atoms with Crippen molar-refractivity contribution in [1.29, 1.82) is 0 Å². The Bertz CT molecular complexity index is 1250. The number of rotatable bonds is 5. The molecule has 31 heavy (non-hydrogen) atoms. The number of aromatic nitrogens is 2. The number of halogens is 2. The summed E-state index contributed by atoms with van der Waals surface area (Å²) < 4.78 is 8.09. The van der Waals surface area contributed by atoms with E-state index in [9.17, 15) is 9.59 Å². The molecule has 3 aromatic rings. The fourth-order valence-electron chi connectivity index (χ4n) is 2.80. The minimum Gasteiger partial charge on any atom is -0.479 e. The van der Waals surface area contributed by atoms with Crippen molar-refractivity contribution in [3.05, 3.63) is 67.1 Å². The second kappa shape index (κ2) is 8.92. The van der Waals surface area contributed by atoms with Gasteiger partial charge in [0.1, 0.15) is 11.6 Å². The molecule has 1 heterocycles. The molecule has 0 unspecified atom stereocenters. The molecule has 0 bridgehead atoms. The first-order valence-corrected chi connectivity index (χ1v) is 11.0. The van der Waals surface area contributed by atoms with Crippen molar-refractivity contribution in [3.8, 4) is 5.75 Å². The van der Waals surface area contributed by atoms with E-state index >= 15 is 0 Å². The monoisotopic (exact) mass is 549 g/mol. The lowest BCUT2D eigenvalue weighted by atomic mass is 9.95. The Morgan fingerprint density at radius 1 is 1.23 bits per heavy atom. The molecule has 162 valence electrons. The molecular formula is C22H21Br2N3O4. The van der Waals surface area contributed by atoms with Crippen molar-refractivity contribution in [2.75, 3.05) is 0 Å². The van der Waals surface area contributed by atoms with Crippen LogP contribution in [0.2, 0.25) is 0 Å². The first kappa shape index (κ1) is 23.1. The van der Waals surface area contributed by atoms with Gasteiger partial charge in [0.15, 0.2) is 6.10 Å². The van der Waals surface area contributed by atoms with E-state index in [1.807, 2.05) is 26.8 Å². The maximum absolute atomic E-state index is 13.2. The van der Waals surface area contributed by atoms with Crippen molar-refractivity contribution in [3.63, 3.8) is 0 Å². The number of aliphatic carboxylic acids is 1. The highest BCUT2D eigenvalue weighted by atomic mass is 79.9. The summed E-state index contributed by atoms with van der Waals surface area (Å²) in [5, 5.41) is 13.9. The molecule has 0 aliphatic heterocycles. The Labute approximate surface area is 196 Å². The smallest absolute Gasteiger partial charge is 0.344 e. The van der Waals surface area contributed by atoms with Crippen LogP contribution < -0.4 is 10.3 Å². The van der Waals surface area contributed by atoms with Gasteiger partial charge in [0.2, 0.25) is 0 Å². The number of hydrogen-bond donors (Lipinski definition) is 1. The summed E-state index contributed by atoms with van der Waals surface area (Å²) in [7, 11) is 0. The fourth-order valence-corrected chi connectivity index (χ4v) is 3.65. The van der Waals surface area contributed by atoms with Crippen molar-refractivity contribution < 1.29 is 14.6 Å². The minimum atomic E-state index is -1.05. The predicted molar refractivity (Wildman–Crippen MR) is 127 cm³/mol. The third kappa shape index (κ3) is 5.22. The van der Waals surface area contributed by atoms with Gasteiger partial charge < -0.3 is 9.84 Å². The largest absolute Gasteiger partial charge is 0.479 e. The van der Waals surface area contributed by atoms with E-state index in [0.717, 1.165) is 4.47 Å². The van der Waals surface area contributed by atoms with Crippen molar-refractivity contribution in [2.24, 2.45) is 5.10 Å². The van der Waals surface area contributed by atoms with E-state index in [2.05, 4.69) is 41.9 Å². The Balaban J connectivity index is 2.04. The Hall–Kier alpha value is -2.52. The predicted octanol–water partition coefficient (Wildman–Crippen LogP) is 4.95. The number of carboxylic acid groups (broad SMARTS) is 1. The van der Waals surface area contributed by atoms with Gasteiger partial charge in [0.05, 0.1) is 21.6 Å². The van der Waals surface area contributed by atoms with E-state index in [1.54, 1.807) is 36.5 Å². The molecule has 0 aliphatic rings. The Morgan fingerprint density at radius 2 is 1.94 bits per heavy atom. The summed E-state index contributed by atoms with van der Waals surface area (Å²) in [6.45, 7) is 7.36. The second-order valence-corrected chi connectivity index (χ2v) is 9.77. The lowest BCUT2D eigenvalue weighted by molar-refractivity contribution is -0.144. The van der Waals surface area contributed by atoms with Gasteiger partial charge in [-0.05, 0) is 64.8 Å². The number of ether oxygens (including phenoxy) is 1. The van der Waals surface area contributed by atoms with E-state index in [0.29, 0.717) is 32.5 Å². The second-order valence-electron chi connectivity index (χ2n) is 8.00. The molecule has 0 saturated carbocycles.